The van der Waals surface area contributed by atoms with E-state index in [0.717, 1.165) is 0 Å². The standard InChI is InChI=1S/C9H11ClO2/c1-9(12,6-11)7-2-4-8(10)5-3-7/h2-5,11-12H,6H2,1H3/t9-/m0/s1. The summed E-state index contributed by atoms with van der Waals surface area (Å²) in [4.78, 5) is 0. The molecule has 0 aliphatic carbocycles. The fourth-order valence-corrected chi connectivity index (χ4v) is 1.03. The number of aliphatic hydroxyl groups is 2. The minimum absolute atomic E-state index is 0.297. The van der Waals surface area contributed by atoms with Crippen molar-refractivity contribution in [2.75, 3.05) is 6.61 Å². The molecule has 0 fully saturated rings. The summed E-state index contributed by atoms with van der Waals surface area (Å²) in [5.74, 6) is 0. The fourth-order valence-electron chi connectivity index (χ4n) is 0.900. The highest BCUT2D eigenvalue weighted by molar-refractivity contribution is 6.30. The van der Waals surface area contributed by atoms with E-state index in [4.69, 9.17) is 16.7 Å². The Labute approximate surface area is 76.4 Å². The van der Waals surface area contributed by atoms with Gasteiger partial charge >= 0.3 is 0 Å². The van der Waals surface area contributed by atoms with Gasteiger partial charge in [-0.2, -0.15) is 0 Å². The van der Waals surface area contributed by atoms with Gasteiger partial charge in [-0.15, -0.1) is 0 Å². The topological polar surface area (TPSA) is 40.5 Å². The van der Waals surface area contributed by atoms with Gasteiger partial charge in [0.15, 0.2) is 0 Å². The average Bonchev–Trinajstić information content (AvgIpc) is 2.05. The molecule has 0 amide bonds. The van der Waals surface area contributed by atoms with Crippen molar-refractivity contribution in [3.8, 4) is 0 Å². The van der Waals surface area contributed by atoms with E-state index in [1.807, 2.05) is 0 Å². The molecule has 1 aromatic rings. The summed E-state index contributed by atoms with van der Waals surface area (Å²) in [5, 5.41) is 19.0. The maximum atomic E-state index is 9.59. The van der Waals surface area contributed by atoms with Crippen LogP contribution in [0.25, 0.3) is 0 Å². The molecule has 0 aromatic heterocycles. The van der Waals surface area contributed by atoms with E-state index < -0.39 is 5.60 Å². The first-order valence-corrected chi connectivity index (χ1v) is 4.03. The lowest BCUT2D eigenvalue weighted by molar-refractivity contribution is -0.00227. The van der Waals surface area contributed by atoms with Crippen molar-refractivity contribution in [2.45, 2.75) is 12.5 Å². The van der Waals surface area contributed by atoms with Gasteiger partial charge in [0.25, 0.3) is 0 Å². The smallest absolute Gasteiger partial charge is 0.110 e. The third-order valence-corrected chi connectivity index (χ3v) is 2.03. The maximum absolute atomic E-state index is 9.59. The Balaban J connectivity index is 2.96. The monoisotopic (exact) mass is 186 g/mol. The Morgan fingerprint density at radius 2 is 1.83 bits per heavy atom. The molecule has 0 saturated carbocycles. The highest BCUT2D eigenvalue weighted by Crippen LogP contribution is 2.21. The first kappa shape index (κ1) is 9.52. The summed E-state index contributed by atoms with van der Waals surface area (Å²) in [7, 11) is 0. The lowest BCUT2D eigenvalue weighted by Crippen LogP contribution is -2.25. The van der Waals surface area contributed by atoms with Crippen molar-refractivity contribution in [3.63, 3.8) is 0 Å². The minimum Gasteiger partial charge on any atom is -0.393 e. The molecular formula is C9H11ClO2. The number of halogens is 1. The van der Waals surface area contributed by atoms with Gasteiger partial charge in [0.05, 0.1) is 6.61 Å². The Morgan fingerprint density at radius 3 is 2.25 bits per heavy atom. The van der Waals surface area contributed by atoms with Crippen LogP contribution in [0.5, 0.6) is 0 Å². The molecule has 0 heterocycles. The second kappa shape index (κ2) is 3.44. The molecule has 12 heavy (non-hydrogen) atoms. The third-order valence-electron chi connectivity index (χ3n) is 1.77. The quantitative estimate of drug-likeness (QED) is 0.736. The minimum atomic E-state index is -1.18. The molecule has 0 aliphatic heterocycles. The van der Waals surface area contributed by atoms with Crippen molar-refractivity contribution in [3.05, 3.63) is 34.9 Å². The summed E-state index contributed by atoms with van der Waals surface area (Å²) in [5.41, 5.74) is -0.515. The number of rotatable bonds is 2. The number of benzene rings is 1. The van der Waals surface area contributed by atoms with Gasteiger partial charge in [-0.25, -0.2) is 0 Å². The molecule has 0 saturated heterocycles. The Bertz CT molecular complexity index is 254. The lowest BCUT2D eigenvalue weighted by atomic mass is 9.97. The molecule has 0 radical (unpaired) electrons. The molecule has 66 valence electrons. The van der Waals surface area contributed by atoms with Gasteiger partial charge in [-0.05, 0) is 24.6 Å². The number of hydrogen-bond acceptors (Lipinski definition) is 2. The highest BCUT2D eigenvalue weighted by atomic mass is 35.5. The molecule has 0 unspecified atom stereocenters. The zero-order valence-electron chi connectivity index (χ0n) is 6.79. The predicted octanol–water partition coefficient (Wildman–Crippen LogP) is 1.54. The van der Waals surface area contributed by atoms with Crippen molar-refractivity contribution in [1.29, 1.82) is 0 Å². The largest absolute Gasteiger partial charge is 0.393 e. The van der Waals surface area contributed by atoms with Crippen molar-refractivity contribution < 1.29 is 10.2 Å². The van der Waals surface area contributed by atoms with Crippen LogP contribution in [0.1, 0.15) is 12.5 Å². The second-order valence-corrected chi connectivity index (χ2v) is 3.38. The molecule has 1 atom stereocenters. The SMILES string of the molecule is C[C@](O)(CO)c1ccc(Cl)cc1. The molecule has 1 rings (SSSR count). The first-order chi connectivity index (χ1) is 5.56. The van der Waals surface area contributed by atoms with Crippen LogP contribution < -0.4 is 0 Å². The van der Waals surface area contributed by atoms with Gasteiger partial charge in [0, 0.05) is 5.02 Å². The normalized spacial score (nSPS) is 15.7. The van der Waals surface area contributed by atoms with Gasteiger partial charge < -0.3 is 10.2 Å². The van der Waals surface area contributed by atoms with E-state index in [2.05, 4.69) is 0 Å². The Morgan fingerprint density at radius 1 is 1.33 bits per heavy atom. The molecule has 3 heteroatoms. The lowest BCUT2D eigenvalue weighted by Gasteiger charge is -2.20. The molecule has 1 aromatic carbocycles. The van der Waals surface area contributed by atoms with Gasteiger partial charge in [-0.1, -0.05) is 23.7 Å². The van der Waals surface area contributed by atoms with Crippen LogP contribution in [0.2, 0.25) is 5.02 Å². The van der Waals surface area contributed by atoms with Gasteiger partial charge in [0.2, 0.25) is 0 Å². The Hall–Kier alpha value is -0.570. The van der Waals surface area contributed by atoms with Crippen molar-refractivity contribution in [2.24, 2.45) is 0 Å². The van der Waals surface area contributed by atoms with Gasteiger partial charge in [-0.3, -0.25) is 0 Å². The Kier molecular flexibility index (Phi) is 2.73. The van der Waals surface area contributed by atoms with Crippen LogP contribution in [-0.4, -0.2) is 16.8 Å². The van der Waals surface area contributed by atoms with Gasteiger partial charge in [0.1, 0.15) is 5.60 Å². The van der Waals surface area contributed by atoms with Crippen molar-refractivity contribution >= 4 is 11.6 Å². The average molecular weight is 187 g/mol. The number of hydrogen-bond donors (Lipinski definition) is 2. The van der Waals surface area contributed by atoms with E-state index in [1.165, 1.54) is 0 Å². The van der Waals surface area contributed by atoms with Crippen molar-refractivity contribution in [1.82, 2.24) is 0 Å². The van der Waals surface area contributed by atoms with Crippen LogP contribution >= 0.6 is 11.6 Å². The molecular weight excluding hydrogens is 176 g/mol. The second-order valence-electron chi connectivity index (χ2n) is 2.94. The molecule has 0 aliphatic rings. The molecule has 2 N–H and O–H groups in total. The van der Waals surface area contributed by atoms with Crippen LogP contribution in [0.3, 0.4) is 0 Å². The zero-order valence-corrected chi connectivity index (χ0v) is 7.54. The van der Waals surface area contributed by atoms with E-state index >= 15 is 0 Å². The van der Waals surface area contributed by atoms with Crippen LogP contribution in [0.4, 0.5) is 0 Å². The van der Waals surface area contributed by atoms with Crippen LogP contribution in [0.15, 0.2) is 24.3 Å². The van der Waals surface area contributed by atoms with E-state index in [0.29, 0.717) is 10.6 Å². The third kappa shape index (κ3) is 1.97. The predicted molar refractivity (Wildman–Crippen MR) is 48.1 cm³/mol. The summed E-state index contributed by atoms with van der Waals surface area (Å²) in [6.07, 6.45) is 0. The van der Waals surface area contributed by atoms with E-state index in [-0.39, 0.29) is 6.61 Å². The summed E-state index contributed by atoms with van der Waals surface area (Å²) >= 11 is 5.66. The summed E-state index contributed by atoms with van der Waals surface area (Å²) in [6, 6.07) is 6.75. The van der Waals surface area contributed by atoms with E-state index in [9.17, 15) is 5.11 Å². The highest BCUT2D eigenvalue weighted by Gasteiger charge is 2.20. The molecule has 0 spiro atoms. The molecule has 0 bridgehead atoms. The maximum Gasteiger partial charge on any atom is 0.110 e. The summed E-state index contributed by atoms with van der Waals surface area (Å²) in [6.45, 7) is 1.25. The van der Waals surface area contributed by atoms with E-state index in [1.54, 1.807) is 31.2 Å². The molecule has 2 nitrogen and oxygen atoms in total. The fraction of sp³-hybridized carbons (Fsp3) is 0.333. The van der Waals surface area contributed by atoms with Crippen LogP contribution in [0, 0.1) is 0 Å². The summed E-state index contributed by atoms with van der Waals surface area (Å²) < 4.78 is 0. The number of aliphatic hydroxyl groups excluding tert-OH is 1. The zero-order chi connectivity index (χ0) is 9.19. The first-order valence-electron chi connectivity index (χ1n) is 3.65. The van der Waals surface area contributed by atoms with Crippen LogP contribution in [-0.2, 0) is 5.60 Å².